The van der Waals surface area contributed by atoms with Gasteiger partial charge in [-0.3, -0.25) is 4.79 Å². The summed E-state index contributed by atoms with van der Waals surface area (Å²) < 4.78 is 6.95. The van der Waals surface area contributed by atoms with Gasteiger partial charge in [0.05, 0.1) is 13.1 Å². The maximum Gasteiger partial charge on any atom is 0.410 e. The van der Waals surface area contributed by atoms with E-state index in [4.69, 9.17) is 4.74 Å². The van der Waals surface area contributed by atoms with E-state index in [0.29, 0.717) is 25.3 Å². The van der Waals surface area contributed by atoms with Crippen molar-refractivity contribution >= 4 is 11.9 Å². The highest BCUT2D eigenvalue weighted by Crippen LogP contribution is 2.38. The number of carbonyl (C=O) groups excluding carboxylic acids is 2. The first-order valence-corrected chi connectivity index (χ1v) is 6.22. The molecule has 2 aliphatic heterocycles. The van der Waals surface area contributed by atoms with Gasteiger partial charge in [0.25, 0.3) is 0 Å². The Kier molecular flexibility index (Phi) is 2.27. The Morgan fingerprint density at radius 2 is 2.11 bits per heavy atom. The van der Waals surface area contributed by atoms with E-state index in [1.807, 2.05) is 20.8 Å². The molecule has 0 unspecified atom stereocenters. The number of ketones is 1. The SMILES string of the molecule is CC(C)(C)OC(=O)N1CC2(CC(=O)c3ncnn32)C1. The highest BCUT2D eigenvalue weighted by molar-refractivity contribution is 5.96. The average molecular weight is 264 g/mol. The lowest BCUT2D eigenvalue weighted by Gasteiger charge is -2.47. The van der Waals surface area contributed by atoms with E-state index in [9.17, 15) is 9.59 Å². The topological polar surface area (TPSA) is 77.3 Å². The van der Waals surface area contributed by atoms with E-state index in [0.717, 1.165) is 0 Å². The molecule has 0 saturated carbocycles. The molecule has 0 atom stereocenters. The normalized spacial score (nSPS) is 20.4. The number of amides is 1. The van der Waals surface area contributed by atoms with E-state index in [1.54, 1.807) is 9.58 Å². The van der Waals surface area contributed by atoms with Crippen molar-refractivity contribution in [2.45, 2.75) is 38.3 Å². The Morgan fingerprint density at radius 1 is 1.42 bits per heavy atom. The monoisotopic (exact) mass is 264 g/mol. The maximum absolute atomic E-state index is 11.9. The Labute approximate surface area is 110 Å². The summed E-state index contributed by atoms with van der Waals surface area (Å²) in [6.07, 6.45) is 1.39. The van der Waals surface area contributed by atoms with Gasteiger partial charge in [0, 0.05) is 6.42 Å². The fourth-order valence-electron chi connectivity index (χ4n) is 2.60. The number of Topliss-reactive ketones (excluding diaryl/α,β-unsaturated/α-hetero) is 1. The van der Waals surface area contributed by atoms with E-state index >= 15 is 0 Å². The van der Waals surface area contributed by atoms with Gasteiger partial charge in [-0.25, -0.2) is 14.5 Å². The van der Waals surface area contributed by atoms with Crippen molar-refractivity contribution in [3.8, 4) is 0 Å². The summed E-state index contributed by atoms with van der Waals surface area (Å²) in [6, 6.07) is 0. The molecule has 0 bridgehead atoms. The van der Waals surface area contributed by atoms with Crippen LogP contribution in [0.5, 0.6) is 0 Å². The molecule has 1 spiro atoms. The summed E-state index contributed by atoms with van der Waals surface area (Å²) in [7, 11) is 0. The Balaban J connectivity index is 1.71. The second kappa shape index (κ2) is 3.55. The quantitative estimate of drug-likeness (QED) is 0.693. The van der Waals surface area contributed by atoms with Crippen molar-refractivity contribution in [1.29, 1.82) is 0 Å². The molecular weight excluding hydrogens is 248 g/mol. The number of likely N-dealkylation sites (tertiary alicyclic amines) is 1. The molecule has 3 heterocycles. The summed E-state index contributed by atoms with van der Waals surface area (Å²) in [6.45, 7) is 6.38. The molecule has 7 nitrogen and oxygen atoms in total. The van der Waals surface area contributed by atoms with Crippen LogP contribution in [0, 0.1) is 0 Å². The Bertz CT molecular complexity index is 552. The van der Waals surface area contributed by atoms with Gasteiger partial charge < -0.3 is 9.64 Å². The Morgan fingerprint density at radius 3 is 2.74 bits per heavy atom. The molecule has 102 valence electrons. The van der Waals surface area contributed by atoms with Gasteiger partial charge in [-0.2, -0.15) is 5.10 Å². The van der Waals surface area contributed by atoms with Crippen molar-refractivity contribution in [2.75, 3.05) is 13.1 Å². The minimum Gasteiger partial charge on any atom is -0.444 e. The second-order valence-electron chi connectivity index (χ2n) is 6.16. The summed E-state index contributed by atoms with van der Waals surface area (Å²) in [5.74, 6) is 0.380. The standard InChI is InChI=1S/C12H16N4O3/c1-11(2,3)19-10(18)15-5-12(6-15)4-8(17)9-13-7-14-16(9)12/h7H,4-6H2,1-3H3. The van der Waals surface area contributed by atoms with Gasteiger partial charge >= 0.3 is 6.09 Å². The number of fused-ring (bicyclic) bond motifs is 2. The van der Waals surface area contributed by atoms with Gasteiger partial charge in [-0.05, 0) is 20.8 Å². The summed E-state index contributed by atoms with van der Waals surface area (Å²) in [5, 5.41) is 4.10. The number of carbonyl (C=O) groups is 2. The molecule has 3 rings (SSSR count). The number of aromatic nitrogens is 3. The van der Waals surface area contributed by atoms with Gasteiger partial charge in [-0.1, -0.05) is 0 Å². The van der Waals surface area contributed by atoms with Crippen LogP contribution >= 0.6 is 0 Å². The third-order valence-corrected chi connectivity index (χ3v) is 3.36. The van der Waals surface area contributed by atoms with Crippen molar-refractivity contribution < 1.29 is 14.3 Å². The number of nitrogens with zero attached hydrogens (tertiary/aromatic N) is 4. The van der Waals surface area contributed by atoms with Crippen LogP contribution in [0.3, 0.4) is 0 Å². The first kappa shape index (κ1) is 12.1. The molecule has 19 heavy (non-hydrogen) atoms. The molecule has 0 N–H and O–H groups in total. The Hall–Kier alpha value is -1.92. The number of hydrogen-bond acceptors (Lipinski definition) is 5. The second-order valence-corrected chi connectivity index (χ2v) is 6.16. The summed E-state index contributed by atoms with van der Waals surface area (Å²) in [4.78, 5) is 29.2. The van der Waals surface area contributed by atoms with Crippen molar-refractivity contribution in [1.82, 2.24) is 19.7 Å². The zero-order valence-electron chi connectivity index (χ0n) is 11.2. The molecule has 1 fully saturated rings. The van der Waals surface area contributed by atoms with Crippen molar-refractivity contribution in [3.05, 3.63) is 12.2 Å². The highest BCUT2D eigenvalue weighted by atomic mass is 16.6. The summed E-state index contributed by atoms with van der Waals surface area (Å²) >= 11 is 0. The van der Waals surface area contributed by atoms with Crippen LogP contribution in [0.2, 0.25) is 0 Å². The predicted molar refractivity (Wildman–Crippen MR) is 64.8 cm³/mol. The lowest BCUT2D eigenvalue weighted by molar-refractivity contribution is -0.0292. The van der Waals surface area contributed by atoms with Crippen LogP contribution in [0.15, 0.2) is 6.33 Å². The van der Waals surface area contributed by atoms with Crippen LogP contribution in [0.1, 0.15) is 37.8 Å². The van der Waals surface area contributed by atoms with Crippen LogP contribution in [-0.2, 0) is 10.3 Å². The van der Waals surface area contributed by atoms with E-state index in [-0.39, 0.29) is 11.9 Å². The largest absolute Gasteiger partial charge is 0.444 e. The fraction of sp³-hybridized carbons (Fsp3) is 0.667. The molecule has 2 aliphatic rings. The minimum atomic E-state index is -0.510. The third kappa shape index (κ3) is 1.80. The average Bonchev–Trinajstić information content (AvgIpc) is 2.75. The summed E-state index contributed by atoms with van der Waals surface area (Å²) in [5.41, 5.74) is -0.913. The molecule has 1 amide bonds. The minimum absolute atomic E-state index is 0.0126. The molecule has 0 radical (unpaired) electrons. The lowest BCUT2D eigenvalue weighted by Crippen LogP contribution is -2.63. The number of ether oxygens (including phenoxy) is 1. The van der Waals surface area contributed by atoms with Crippen molar-refractivity contribution in [3.63, 3.8) is 0 Å². The molecule has 0 aromatic carbocycles. The van der Waals surface area contributed by atoms with Crippen LogP contribution in [0.4, 0.5) is 4.79 Å². The fourth-order valence-corrected chi connectivity index (χ4v) is 2.60. The van der Waals surface area contributed by atoms with Gasteiger partial charge in [0.1, 0.15) is 17.5 Å². The number of hydrogen-bond donors (Lipinski definition) is 0. The van der Waals surface area contributed by atoms with E-state index in [1.165, 1.54) is 6.33 Å². The van der Waals surface area contributed by atoms with Crippen LogP contribution < -0.4 is 0 Å². The molecule has 1 aromatic heterocycles. The van der Waals surface area contributed by atoms with Crippen molar-refractivity contribution in [2.24, 2.45) is 0 Å². The van der Waals surface area contributed by atoms with E-state index in [2.05, 4.69) is 10.1 Å². The zero-order valence-corrected chi connectivity index (χ0v) is 11.2. The third-order valence-electron chi connectivity index (χ3n) is 3.36. The molecule has 0 aliphatic carbocycles. The van der Waals surface area contributed by atoms with Gasteiger partial charge in [0.15, 0.2) is 5.82 Å². The first-order chi connectivity index (χ1) is 8.81. The van der Waals surface area contributed by atoms with Gasteiger partial charge in [-0.15, -0.1) is 0 Å². The lowest BCUT2D eigenvalue weighted by atomic mass is 9.88. The van der Waals surface area contributed by atoms with Gasteiger partial charge in [0.2, 0.25) is 5.78 Å². The molecule has 1 saturated heterocycles. The first-order valence-electron chi connectivity index (χ1n) is 6.22. The molecule has 7 heteroatoms. The zero-order chi connectivity index (χ0) is 13.8. The number of rotatable bonds is 0. The smallest absolute Gasteiger partial charge is 0.410 e. The maximum atomic E-state index is 11.9. The van der Waals surface area contributed by atoms with Crippen LogP contribution in [-0.4, -0.2) is 50.2 Å². The van der Waals surface area contributed by atoms with E-state index < -0.39 is 11.1 Å². The highest BCUT2D eigenvalue weighted by Gasteiger charge is 2.55. The predicted octanol–water partition coefficient (Wildman–Crippen LogP) is 0.810. The molecule has 1 aromatic rings. The molecular formula is C12H16N4O3. The van der Waals surface area contributed by atoms with Crippen LogP contribution in [0.25, 0.3) is 0 Å².